The van der Waals surface area contributed by atoms with E-state index >= 15 is 0 Å². The van der Waals surface area contributed by atoms with Gasteiger partial charge in [0.25, 0.3) is 10.0 Å². The van der Waals surface area contributed by atoms with E-state index in [0.717, 1.165) is 30.4 Å². The first-order chi connectivity index (χ1) is 14.8. The highest BCUT2D eigenvalue weighted by molar-refractivity contribution is 7.92. The third-order valence-corrected chi connectivity index (χ3v) is 7.32. The maximum Gasteiger partial charge on any atom is 0.262 e. The van der Waals surface area contributed by atoms with E-state index in [2.05, 4.69) is 10.0 Å². The number of benzene rings is 2. The average Bonchev–Trinajstić information content (AvgIpc) is 3.57. The number of sulfonamides is 1. The Balaban J connectivity index is 1.52. The molecule has 0 spiro atoms. The van der Waals surface area contributed by atoms with E-state index in [9.17, 15) is 18.0 Å². The first-order valence-electron chi connectivity index (χ1n) is 10.6. The third-order valence-electron chi connectivity index (χ3n) is 5.78. The van der Waals surface area contributed by atoms with Crippen LogP contribution in [0.15, 0.2) is 41.3 Å². The average molecular weight is 442 g/mol. The van der Waals surface area contributed by atoms with Gasteiger partial charge in [0.1, 0.15) is 0 Å². The van der Waals surface area contributed by atoms with Gasteiger partial charge in [-0.2, -0.15) is 0 Å². The van der Waals surface area contributed by atoms with E-state index in [-0.39, 0.29) is 22.6 Å². The number of nitrogens with zero attached hydrogens (tertiary/aromatic N) is 1. The number of anilines is 2. The molecular formula is C23H27N3O4S. The Morgan fingerprint density at radius 3 is 2.48 bits per heavy atom. The lowest BCUT2D eigenvalue weighted by molar-refractivity contribution is -0.133. The zero-order valence-electron chi connectivity index (χ0n) is 17.8. The molecule has 7 nitrogen and oxygen atoms in total. The fourth-order valence-corrected chi connectivity index (χ4v) is 5.16. The molecule has 0 saturated heterocycles. The van der Waals surface area contributed by atoms with Gasteiger partial charge in [0.15, 0.2) is 0 Å². The maximum absolute atomic E-state index is 13.0. The molecule has 0 aromatic heterocycles. The molecule has 1 fully saturated rings. The molecule has 2 amide bonds. The van der Waals surface area contributed by atoms with Crippen LogP contribution in [0.4, 0.5) is 11.4 Å². The fraction of sp³-hybridized carbons (Fsp3) is 0.391. The Hall–Kier alpha value is -2.87. The van der Waals surface area contributed by atoms with Crippen LogP contribution in [0.2, 0.25) is 0 Å². The molecule has 2 aliphatic rings. The van der Waals surface area contributed by atoms with Crippen molar-refractivity contribution < 1.29 is 18.0 Å². The van der Waals surface area contributed by atoms with Crippen molar-refractivity contribution in [1.82, 2.24) is 4.90 Å². The van der Waals surface area contributed by atoms with Gasteiger partial charge in [-0.15, -0.1) is 0 Å². The number of amides is 2. The van der Waals surface area contributed by atoms with Gasteiger partial charge in [-0.3, -0.25) is 14.3 Å². The summed E-state index contributed by atoms with van der Waals surface area (Å²) in [5.41, 5.74) is 3.71. The Morgan fingerprint density at radius 1 is 1.06 bits per heavy atom. The lowest BCUT2D eigenvalue weighted by Crippen LogP contribution is -2.36. The maximum atomic E-state index is 13.0. The Labute approximate surface area is 182 Å². The van der Waals surface area contributed by atoms with Gasteiger partial charge in [0.05, 0.1) is 4.90 Å². The number of aryl methyl sites for hydroxylation is 1. The second kappa shape index (κ2) is 8.34. The normalized spacial score (nSPS) is 15.9. The molecule has 8 heteroatoms. The topological polar surface area (TPSA) is 95.6 Å². The first kappa shape index (κ1) is 21.4. The monoisotopic (exact) mass is 441 g/mol. The van der Waals surface area contributed by atoms with Crippen molar-refractivity contribution in [3.63, 3.8) is 0 Å². The molecule has 1 aliphatic heterocycles. The standard InChI is InChI=1S/C23H27N3O4S/c1-3-22(27)24-19-8-9-21(15(2)12-19)31(29,30)25-20-7-6-16-10-11-26(14-18(16)13-20)23(28)17-4-5-17/h6-9,12-13,17,25H,3-5,10-11,14H2,1-2H3,(H,24,27). The van der Waals surface area contributed by atoms with Gasteiger partial charge >= 0.3 is 0 Å². The summed E-state index contributed by atoms with van der Waals surface area (Å²) in [6.45, 7) is 4.69. The summed E-state index contributed by atoms with van der Waals surface area (Å²) in [4.78, 5) is 26.0. The SMILES string of the molecule is CCC(=O)Nc1ccc(S(=O)(=O)Nc2ccc3c(c2)CN(C(=O)C2CC2)CC3)c(C)c1. The highest BCUT2D eigenvalue weighted by Gasteiger charge is 2.34. The van der Waals surface area contributed by atoms with E-state index in [4.69, 9.17) is 0 Å². The van der Waals surface area contributed by atoms with Crippen LogP contribution in [0.1, 0.15) is 42.9 Å². The number of hydrogen-bond acceptors (Lipinski definition) is 4. The van der Waals surface area contributed by atoms with Gasteiger partial charge in [-0.25, -0.2) is 8.42 Å². The van der Waals surface area contributed by atoms with Crippen LogP contribution < -0.4 is 10.0 Å². The minimum atomic E-state index is -3.80. The van der Waals surface area contributed by atoms with Crippen molar-refractivity contribution in [1.29, 1.82) is 0 Å². The molecule has 2 aromatic carbocycles. The minimum absolute atomic E-state index is 0.128. The van der Waals surface area contributed by atoms with Crippen molar-refractivity contribution in [3.05, 3.63) is 53.1 Å². The van der Waals surface area contributed by atoms with E-state index in [1.165, 1.54) is 6.07 Å². The number of nitrogens with one attached hydrogen (secondary N) is 2. The molecule has 0 bridgehead atoms. The zero-order valence-corrected chi connectivity index (χ0v) is 18.6. The lowest BCUT2D eigenvalue weighted by Gasteiger charge is -2.29. The third kappa shape index (κ3) is 4.74. The molecule has 1 heterocycles. The summed E-state index contributed by atoms with van der Waals surface area (Å²) in [6.07, 6.45) is 3.08. The van der Waals surface area contributed by atoms with Gasteiger partial charge in [-0.05, 0) is 73.2 Å². The van der Waals surface area contributed by atoms with Crippen LogP contribution in [-0.2, 0) is 32.6 Å². The summed E-state index contributed by atoms with van der Waals surface area (Å²) in [5.74, 6) is 0.259. The summed E-state index contributed by atoms with van der Waals surface area (Å²) in [5, 5.41) is 2.73. The lowest BCUT2D eigenvalue weighted by atomic mass is 9.99. The number of hydrogen-bond donors (Lipinski definition) is 2. The summed E-state index contributed by atoms with van der Waals surface area (Å²) >= 11 is 0. The smallest absolute Gasteiger partial charge is 0.262 e. The van der Waals surface area contributed by atoms with Gasteiger partial charge in [0.2, 0.25) is 11.8 Å². The van der Waals surface area contributed by atoms with Gasteiger partial charge in [0, 0.05) is 36.8 Å². The Morgan fingerprint density at radius 2 is 1.81 bits per heavy atom. The fourth-order valence-electron chi connectivity index (χ4n) is 3.89. The van der Waals surface area contributed by atoms with Gasteiger partial charge in [-0.1, -0.05) is 13.0 Å². The van der Waals surface area contributed by atoms with Crippen molar-refractivity contribution in [3.8, 4) is 0 Å². The van der Waals surface area contributed by atoms with Crippen LogP contribution in [0.3, 0.4) is 0 Å². The molecule has 4 rings (SSSR count). The van der Waals surface area contributed by atoms with E-state index in [1.54, 1.807) is 32.0 Å². The van der Waals surface area contributed by atoms with E-state index in [1.807, 2.05) is 17.0 Å². The summed E-state index contributed by atoms with van der Waals surface area (Å²) < 4.78 is 28.6. The number of carbonyl (C=O) groups is 2. The minimum Gasteiger partial charge on any atom is -0.338 e. The molecule has 0 unspecified atom stereocenters. The summed E-state index contributed by atoms with van der Waals surface area (Å²) in [6, 6.07) is 10.3. The van der Waals surface area contributed by atoms with Crippen LogP contribution in [0, 0.1) is 12.8 Å². The van der Waals surface area contributed by atoms with Crippen molar-refractivity contribution in [2.24, 2.45) is 5.92 Å². The molecule has 0 radical (unpaired) electrons. The first-order valence-corrected chi connectivity index (χ1v) is 12.1. The molecule has 31 heavy (non-hydrogen) atoms. The predicted molar refractivity (Wildman–Crippen MR) is 119 cm³/mol. The van der Waals surface area contributed by atoms with E-state index in [0.29, 0.717) is 36.4 Å². The summed E-state index contributed by atoms with van der Waals surface area (Å²) in [7, 11) is -3.80. The molecular weight excluding hydrogens is 414 g/mol. The quantitative estimate of drug-likeness (QED) is 0.718. The predicted octanol–water partition coefficient (Wildman–Crippen LogP) is 3.44. The van der Waals surface area contributed by atoms with Gasteiger partial charge < -0.3 is 10.2 Å². The number of rotatable bonds is 6. The molecule has 0 atom stereocenters. The Bertz CT molecular complexity index is 1140. The van der Waals surface area contributed by atoms with E-state index < -0.39 is 10.0 Å². The molecule has 1 aliphatic carbocycles. The molecule has 1 saturated carbocycles. The zero-order chi connectivity index (χ0) is 22.2. The van der Waals surface area contributed by atoms with Crippen LogP contribution in [0.25, 0.3) is 0 Å². The largest absolute Gasteiger partial charge is 0.338 e. The van der Waals surface area contributed by atoms with Crippen LogP contribution in [-0.4, -0.2) is 31.7 Å². The van der Waals surface area contributed by atoms with Crippen LogP contribution in [0.5, 0.6) is 0 Å². The molecule has 164 valence electrons. The highest BCUT2D eigenvalue weighted by atomic mass is 32.2. The van der Waals surface area contributed by atoms with Crippen LogP contribution >= 0.6 is 0 Å². The number of fused-ring (bicyclic) bond motifs is 1. The second-order valence-electron chi connectivity index (χ2n) is 8.26. The van der Waals surface area contributed by atoms with Crippen molar-refractivity contribution in [2.75, 3.05) is 16.6 Å². The highest BCUT2D eigenvalue weighted by Crippen LogP contribution is 2.33. The Kier molecular flexibility index (Phi) is 5.75. The van der Waals surface area contributed by atoms with Crippen molar-refractivity contribution in [2.45, 2.75) is 51.0 Å². The molecule has 2 N–H and O–H groups in total. The van der Waals surface area contributed by atoms with Crippen molar-refractivity contribution >= 4 is 33.2 Å². The number of carbonyl (C=O) groups excluding carboxylic acids is 2. The molecule has 2 aromatic rings. The second-order valence-corrected chi connectivity index (χ2v) is 9.91.